The van der Waals surface area contributed by atoms with E-state index in [0.717, 1.165) is 27.7 Å². The van der Waals surface area contributed by atoms with Gasteiger partial charge in [0.1, 0.15) is 0 Å². The fraction of sp³-hybridized carbons (Fsp3) is 0.132. The van der Waals surface area contributed by atoms with Crippen molar-refractivity contribution < 1.29 is 32.7 Å². The Bertz CT molecular complexity index is 1910. The molecule has 0 saturated carbocycles. The zero-order valence-electron chi connectivity index (χ0n) is 25.5. The summed E-state index contributed by atoms with van der Waals surface area (Å²) in [6.45, 7) is 0.225. The van der Waals surface area contributed by atoms with Crippen LogP contribution in [0.3, 0.4) is 0 Å². The fourth-order valence-corrected chi connectivity index (χ4v) is 5.77. The first-order valence-corrected chi connectivity index (χ1v) is 15.8. The largest absolute Gasteiger partial charge is 0.474 e. The van der Waals surface area contributed by atoms with E-state index in [-0.39, 0.29) is 24.6 Å². The summed E-state index contributed by atoms with van der Waals surface area (Å²) in [7, 11) is 0. The van der Waals surface area contributed by atoms with Gasteiger partial charge in [0, 0.05) is 29.7 Å². The van der Waals surface area contributed by atoms with E-state index in [9.17, 15) is 32.7 Å². The smallest absolute Gasteiger partial charge is 0.417 e. The zero-order valence-corrected chi connectivity index (χ0v) is 27.1. The maximum absolute atomic E-state index is 13.5. The number of benzene rings is 5. The molecule has 0 aliphatic rings. The van der Waals surface area contributed by atoms with Crippen molar-refractivity contribution in [3.63, 3.8) is 0 Å². The molecule has 0 radical (unpaired) electrons. The lowest BCUT2D eigenvalue weighted by Crippen LogP contribution is -2.35. The van der Waals surface area contributed by atoms with Crippen LogP contribution in [0.2, 0.25) is 0 Å². The van der Waals surface area contributed by atoms with E-state index in [0.29, 0.717) is 39.7 Å². The monoisotopic (exact) mass is 714 g/mol. The van der Waals surface area contributed by atoms with Crippen LogP contribution < -0.4 is 5.32 Å². The highest BCUT2D eigenvalue weighted by Gasteiger charge is 2.33. The zero-order chi connectivity index (χ0) is 34.3. The number of halogens is 4. The van der Waals surface area contributed by atoms with Crippen molar-refractivity contribution in [2.45, 2.75) is 25.7 Å². The standard InChI is InChI=1S/C38H30BrF3N2O4/c39-34-22-30(35(45)43-21-20-25-10-14-28(15-11-25)27-6-2-1-3-7-27)18-19-31(34)24-44(36(46)37(47)48)23-26-12-16-29(17-13-26)32-8-4-5-9-33(32)38(40,41)42/h1-19,22H,20-21,23-24H2,(H,43,45)(H,47,48). The Balaban J connectivity index is 1.21. The van der Waals surface area contributed by atoms with Crippen LogP contribution in [-0.2, 0) is 35.3 Å². The Labute approximate surface area is 284 Å². The number of hydrogen-bond donors (Lipinski definition) is 2. The molecule has 0 heterocycles. The van der Waals surface area contributed by atoms with Gasteiger partial charge in [0.05, 0.1) is 5.56 Å². The van der Waals surface area contributed by atoms with E-state index < -0.39 is 23.6 Å². The number of amides is 2. The van der Waals surface area contributed by atoms with Gasteiger partial charge in [-0.1, -0.05) is 119 Å². The Morgan fingerprint density at radius 3 is 1.96 bits per heavy atom. The highest BCUT2D eigenvalue weighted by atomic mass is 79.9. The second-order valence-corrected chi connectivity index (χ2v) is 11.9. The molecule has 0 spiro atoms. The van der Waals surface area contributed by atoms with Gasteiger partial charge in [0.15, 0.2) is 0 Å². The minimum atomic E-state index is -4.53. The van der Waals surface area contributed by atoms with Gasteiger partial charge in [0.25, 0.3) is 5.91 Å². The second kappa shape index (κ2) is 15.1. The van der Waals surface area contributed by atoms with Crippen LogP contribution in [0.25, 0.3) is 22.3 Å². The van der Waals surface area contributed by atoms with Crippen molar-refractivity contribution >= 4 is 33.7 Å². The summed E-state index contributed by atoms with van der Waals surface area (Å²) in [4.78, 5) is 38.3. The van der Waals surface area contributed by atoms with Gasteiger partial charge in [-0.25, -0.2) is 4.79 Å². The van der Waals surface area contributed by atoms with Crippen LogP contribution in [0.1, 0.15) is 32.6 Å². The Kier molecular flexibility index (Phi) is 10.8. The predicted molar refractivity (Wildman–Crippen MR) is 181 cm³/mol. The van der Waals surface area contributed by atoms with Crippen LogP contribution in [0.15, 0.2) is 126 Å². The van der Waals surface area contributed by atoms with Crippen molar-refractivity contribution in [3.05, 3.63) is 154 Å². The molecule has 10 heteroatoms. The highest BCUT2D eigenvalue weighted by Crippen LogP contribution is 2.37. The summed E-state index contributed by atoms with van der Waals surface area (Å²) in [5.74, 6) is -3.08. The predicted octanol–water partition coefficient (Wildman–Crippen LogP) is 8.39. The normalized spacial score (nSPS) is 11.2. The van der Waals surface area contributed by atoms with Gasteiger partial charge in [-0.15, -0.1) is 0 Å². The third-order valence-electron chi connectivity index (χ3n) is 7.78. The van der Waals surface area contributed by atoms with Crippen LogP contribution in [0.4, 0.5) is 13.2 Å². The molecule has 5 aromatic rings. The summed E-state index contributed by atoms with van der Waals surface area (Å²) < 4.78 is 41.0. The van der Waals surface area contributed by atoms with Crippen molar-refractivity contribution in [1.29, 1.82) is 0 Å². The van der Waals surface area contributed by atoms with Gasteiger partial charge in [-0.3, -0.25) is 9.59 Å². The minimum Gasteiger partial charge on any atom is -0.474 e. The molecule has 244 valence electrons. The molecule has 2 amide bonds. The van der Waals surface area contributed by atoms with Crippen molar-refractivity contribution in [1.82, 2.24) is 10.2 Å². The fourth-order valence-electron chi connectivity index (χ4n) is 5.27. The molecule has 0 atom stereocenters. The minimum absolute atomic E-state index is 0.0144. The van der Waals surface area contributed by atoms with E-state index in [1.807, 2.05) is 54.6 Å². The topological polar surface area (TPSA) is 86.7 Å². The molecular formula is C38H30BrF3N2O4. The second-order valence-electron chi connectivity index (χ2n) is 11.1. The van der Waals surface area contributed by atoms with Gasteiger partial charge in [0.2, 0.25) is 0 Å². The molecule has 0 fully saturated rings. The van der Waals surface area contributed by atoms with Crippen LogP contribution in [0, 0.1) is 0 Å². The molecule has 0 saturated heterocycles. The first-order valence-electron chi connectivity index (χ1n) is 15.0. The summed E-state index contributed by atoms with van der Waals surface area (Å²) in [6, 6.07) is 34.4. The lowest BCUT2D eigenvalue weighted by molar-refractivity contribution is -0.156. The number of nitrogens with zero attached hydrogens (tertiary/aromatic N) is 1. The summed E-state index contributed by atoms with van der Waals surface area (Å²) in [5.41, 5.74) is 4.38. The molecular weight excluding hydrogens is 685 g/mol. The summed E-state index contributed by atoms with van der Waals surface area (Å²) in [5, 5.41) is 12.4. The third kappa shape index (κ3) is 8.57. The number of carbonyl (C=O) groups is 3. The van der Waals surface area contributed by atoms with Gasteiger partial charge in [-0.2, -0.15) is 13.2 Å². The molecule has 6 nitrogen and oxygen atoms in total. The van der Waals surface area contributed by atoms with E-state index >= 15 is 0 Å². The molecule has 0 unspecified atom stereocenters. The summed E-state index contributed by atoms with van der Waals surface area (Å²) in [6.07, 6.45) is -3.89. The van der Waals surface area contributed by atoms with E-state index in [2.05, 4.69) is 21.2 Å². The van der Waals surface area contributed by atoms with E-state index in [4.69, 9.17) is 0 Å². The molecule has 0 aromatic heterocycles. The lowest BCUT2D eigenvalue weighted by atomic mass is 9.98. The Hall–Kier alpha value is -5.22. The van der Waals surface area contributed by atoms with Gasteiger partial charge >= 0.3 is 18.1 Å². The third-order valence-corrected chi connectivity index (χ3v) is 8.52. The highest BCUT2D eigenvalue weighted by molar-refractivity contribution is 9.10. The number of rotatable bonds is 10. The molecule has 5 rings (SSSR count). The number of carboxylic acid groups (broad SMARTS) is 1. The SMILES string of the molecule is O=C(O)C(=O)N(Cc1ccc(-c2ccccc2C(F)(F)F)cc1)Cc1ccc(C(=O)NCCc2ccc(-c3ccccc3)cc2)cc1Br. The maximum atomic E-state index is 13.5. The average Bonchev–Trinajstić information content (AvgIpc) is 3.09. The van der Waals surface area contributed by atoms with Crippen molar-refractivity contribution in [3.8, 4) is 22.3 Å². The molecule has 2 N–H and O–H groups in total. The molecule has 0 aliphatic heterocycles. The number of nitrogens with one attached hydrogen (secondary N) is 1. The molecule has 0 aliphatic carbocycles. The quantitative estimate of drug-likeness (QED) is 0.142. The molecule has 48 heavy (non-hydrogen) atoms. The number of carboxylic acids is 1. The molecule has 5 aromatic carbocycles. The van der Waals surface area contributed by atoms with Crippen LogP contribution >= 0.6 is 15.9 Å². The van der Waals surface area contributed by atoms with Gasteiger partial charge in [-0.05, 0) is 63.6 Å². The van der Waals surface area contributed by atoms with Crippen LogP contribution in [0.5, 0.6) is 0 Å². The Morgan fingerprint density at radius 2 is 1.31 bits per heavy atom. The van der Waals surface area contributed by atoms with Crippen molar-refractivity contribution in [2.75, 3.05) is 6.54 Å². The number of hydrogen-bond acceptors (Lipinski definition) is 3. The number of carbonyl (C=O) groups excluding carboxylic acids is 2. The van der Waals surface area contributed by atoms with Crippen molar-refractivity contribution in [2.24, 2.45) is 0 Å². The molecule has 0 bridgehead atoms. The van der Waals surface area contributed by atoms with Crippen LogP contribution in [-0.4, -0.2) is 34.3 Å². The average molecular weight is 716 g/mol. The Morgan fingerprint density at radius 1 is 0.708 bits per heavy atom. The number of aliphatic carboxylic acids is 1. The van der Waals surface area contributed by atoms with E-state index in [1.165, 1.54) is 30.3 Å². The lowest BCUT2D eigenvalue weighted by Gasteiger charge is -2.22. The maximum Gasteiger partial charge on any atom is 0.417 e. The summed E-state index contributed by atoms with van der Waals surface area (Å²) >= 11 is 3.45. The number of alkyl halides is 3. The first kappa shape index (κ1) is 34.1. The van der Waals surface area contributed by atoms with E-state index in [1.54, 1.807) is 30.3 Å². The van der Waals surface area contributed by atoms with Gasteiger partial charge < -0.3 is 15.3 Å². The first-order chi connectivity index (χ1) is 23.0.